The SMILES string of the molecule is Oc1ccccc1.[CH2-]c1ccccc1.[Mg+2].[c-]1ccccc1. The van der Waals surface area contributed by atoms with Gasteiger partial charge in [0.25, 0.3) is 0 Å². The smallest absolute Gasteiger partial charge is 0.508 e. The third kappa shape index (κ3) is 11.6. The first-order chi connectivity index (χ1) is 9.79. The van der Waals surface area contributed by atoms with Gasteiger partial charge in [-0.2, -0.15) is 61.0 Å². The molecule has 0 saturated carbocycles. The van der Waals surface area contributed by atoms with E-state index in [1.54, 1.807) is 24.3 Å². The number of aromatic hydroxyl groups is 1. The van der Waals surface area contributed by atoms with E-state index in [2.05, 4.69) is 13.0 Å². The molecule has 0 unspecified atom stereocenters. The summed E-state index contributed by atoms with van der Waals surface area (Å²) in [4.78, 5) is 0. The van der Waals surface area contributed by atoms with Gasteiger partial charge >= 0.3 is 23.1 Å². The third-order valence-electron chi connectivity index (χ3n) is 2.21. The van der Waals surface area contributed by atoms with Crippen LogP contribution in [0.25, 0.3) is 0 Å². The first-order valence-electron chi connectivity index (χ1n) is 6.31. The fraction of sp³-hybridized carbons (Fsp3) is 0. The van der Waals surface area contributed by atoms with Gasteiger partial charge in [0.2, 0.25) is 0 Å². The second-order valence-electron chi connectivity index (χ2n) is 3.90. The third-order valence-corrected chi connectivity index (χ3v) is 2.21. The number of phenolic OH excluding ortho intramolecular Hbond substituents is 1. The second-order valence-corrected chi connectivity index (χ2v) is 3.90. The molecule has 0 spiro atoms. The number of benzene rings is 3. The molecule has 21 heavy (non-hydrogen) atoms. The van der Waals surface area contributed by atoms with Crippen LogP contribution in [-0.2, 0) is 0 Å². The van der Waals surface area contributed by atoms with E-state index in [4.69, 9.17) is 5.11 Å². The zero-order valence-electron chi connectivity index (χ0n) is 12.0. The number of hydrogen-bond donors (Lipinski definition) is 1. The fourth-order valence-electron chi connectivity index (χ4n) is 1.25. The summed E-state index contributed by atoms with van der Waals surface area (Å²) in [5.41, 5.74) is 1.07. The standard InChI is InChI=1S/C7H7.C6H6O.C6H5.Mg/c1-7-5-3-2-4-6-7;7-6-4-2-1-3-5-6;1-2-4-6-5-3-1;/h2-6H,1H2;1-5,7H;1-5H;/q-1;;-1;+2. The molecule has 102 valence electrons. The van der Waals surface area contributed by atoms with Gasteiger partial charge in [0.1, 0.15) is 5.75 Å². The van der Waals surface area contributed by atoms with Crippen molar-refractivity contribution in [1.82, 2.24) is 0 Å². The molecule has 0 aliphatic rings. The van der Waals surface area contributed by atoms with Gasteiger partial charge in [-0.15, -0.1) is 12.1 Å². The summed E-state index contributed by atoms with van der Waals surface area (Å²) in [5, 5.41) is 8.63. The van der Waals surface area contributed by atoms with Crippen LogP contribution in [0.3, 0.4) is 0 Å². The Hall–Kier alpha value is -1.90. The van der Waals surface area contributed by atoms with Crippen LogP contribution in [0.2, 0.25) is 0 Å². The summed E-state index contributed by atoms with van der Waals surface area (Å²) in [7, 11) is 0. The van der Waals surface area contributed by atoms with Gasteiger partial charge in [0.15, 0.2) is 0 Å². The number of hydrogen-bond acceptors (Lipinski definition) is 1. The maximum absolute atomic E-state index is 8.63. The fourth-order valence-corrected chi connectivity index (χ4v) is 1.25. The molecule has 0 heterocycles. The van der Waals surface area contributed by atoms with Crippen molar-refractivity contribution in [3.63, 3.8) is 0 Å². The molecule has 0 amide bonds. The summed E-state index contributed by atoms with van der Waals surface area (Å²) in [6.07, 6.45) is 0. The Morgan fingerprint density at radius 3 is 1.29 bits per heavy atom. The molecule has 0 bridgehead atoms. The maximum atomic E-state index is 8.63. The van der Waals surface area contributed by atoms with Crippen molar-refractivity contribution in [2.75, 3.05) is 0 Å². The van der Waals surface area contributed by atoms with Gasteiger partial charge in [-0.25, -0.2) is 0 Å². The summed E-state index contributed by atoms with van der Waals surface area (Å²) in [5.74, 6) is 0.322. The van der Waals surface area contributed by atoms with Gasteiger partial charge < -0.3 is 5.11 Å². The number of rotatable bonds is 0. The van der Waals surface area contributed by atoms with Crippen molar-refractivity contribution in [3.05, 3.63) is 110 Å². The Kier molecular flexibility index (Phi) is 11.9. The molecule has 3 rings (SSSR count). The zero-order chi connectivity index (χ0) is 14.5. The van der Waals surface area contributed by atoms with Crippen LogP contribution >= 0.6 is 0 Å². The van der Waals surface area contributed by atoms with Gasteiger partial charge in [-0.05, 0) is 12.1 Å². The Morgan fingerprint density at radius 1 is 0.667 bits per heavy atom. The molecular weight excluding hydrogens is 269 g/mol. The van der Waals surface area contributed by atoms with E-state index in [-0.39, 0.29) is 23.1 Å². The van der Waals surface area contributed by atoms with Crippen molar-refractivity contribution in [1.29, 1.82) is 0 Å². The Bertz CT molecular complexity index is 474. The molecule has 0 aliphatic carbocycles. The molecular formula is C19H18MgO. The minimum Gasteiger partial charge on any atom is -0.508 e. The van der Waals surface area contributed by atoms with E-state index < -0.39 is 0 Å². The van der Waals surface area contributed by atoms with Crippen LogP contribution in [0, 0.1) is 13.0 Å². The number of phenols is 1. The summed E-state index contributed by atoms with van der Waals surface area (Å²) < 4.78 is 0. The Labute approximate surface area is 143 Å². The molecule has 0 saturated heterocycles. The quantitative estimate of drug-likeness (QED) is 0.481. The summed E-state index contributed by atoms with van der Waals surface area (Å²) >= 11 is 0. The molecule has 0 fully saturated rings. The van der Waals surface area contributed by atoms with E-state index in [1.165, 1.54) is 0 Å². The van der Waals surface area contributed by atoms with Crippen molar-refractivity contribution in [3.8, 4) is 5.75 Å². The minimum atomic E-state index is 0. The van der Waals surface area contributed by atoms with E-state index in [9.17, 15) is 0 Å². The van der Waals surface area contributed by atoms with Crippen molar-refractivity contribution in [2.45, 2.75) is 0 Å². The first kappa shape index (κ1) is 19.1. The van der Waals surface area contributed by atoms with Crippen molar-refractivity contribution in [2.24, 2.45) is 0 Å². The van der Waals surface area contributed by atoms with Crippen LogP contribution in [0.1, 0.15) is 5.56 Å². The maximum Gasteiger partial charge on any atom is 2.00 e. The van der Waals surface area contributed by atoms with Crippen LogP contribution < -0.4 is 0 Å². The van der Waals surface area contributed by atoms with Gasteiger partial charge in [-0.3, -0.25) is 0 Å². The zero-order valence-corrected chi connectivity index (χ0v) is 13.4. The normalized spacial score (nSPS) is 8.00. The van der Waals surface area contributed by atoms with Crippen LogP contribution in [0.5, 0.6) is 5.75 Å². The van der Waals surface area contributed by atoms with E-state index in [1.807, 2.05) is 66.7 Å². The monoisotopic (exact) mass is 286 g/mol. The molecule has 0 atom stereocenters. The predicted octanol–water partition coefficient (Wildman–Crippen LogP) is 4.37. The molecule has 1 N–H and O–H groups in total. The largest absolute Gasteiger partial charge is 2.00 e. The van der Waals surface area contributed by atoms with Gasteiger partial charge in [0, 0.05) is 0 Å². The molecule has 0 aromatic heterocycles. The van der Waals surface area contributed by atoms with Crippen molar-refractivity contribution < 1.29 is 5.11 Å². The summed E-state index contributed by atoms with van der Waals surface area (Å²) in [6.45, 7) is 3.72. The number of para-hydroxylation sites is 1. The average molecular weight is 287 g/mol. The van der Waals surface area contributed by atoms with E-state index in [0.29, 0.717) is 5.75 Å². The molecule has 1 nitrogen and oxygen atoms in total. The predicted molar refractivity (Wildman–Crippen MR) is 90.0 cm³/mol. The second kappa shape index (κ2) is 13.1. The van der Waals surface area contributed by atoms with Gasteiger partial charge in [0.05, 0.1) is 0 Å². The topological polar surface area (TPSA) is 20.2 Å². The molecule has 0 aliphatic heterocycles. The van der Waals surface area contributed by atoms with Crippen LogP contribution in [-0.4, -0.2) is 28.2 Å². The van der Waals surface area contributed by atoms with Crippen LogP contribution in [0.15, 0.2) is 91.0 Å². The molecule has 3 aromatic rings. The molecule has 2 heteroatoms. The Morgan fingerprint density at radius 2 is 1.10 bits per heavy atom. The average Bonchev–Trinajstić information content (AvgIpc) is 2.52. The van der Waals surface area contributed by atoms with E-state index in [0.717, 1.165) is 5.56 Å². The minimum absolute atomic E-state index is 0. The summed E-state index contributed by atoms with van der Waals surface area (Å²) in [6, 6.07) is 31.1. The van der Waals surface area contributed by atoms with Crippen LogP contribution in [0.4, 0.5) is 0 Å². The van der Waals surface area contributed by atoms with Gasteiger partial charge in [-0.1, -0.05) is 24.3 Å². The van der Waals surface area contributed by atoms with E-state index >= 15 is 0 Å². The molecule has 0 radical (unpaired) electrons. The van der Waals surface area contributed by atoms with Crippen molar-refractivity contribution >= 4 is 23.1 Å². The molecule has 3 aromatic carbocycles. The first-order valence-corrected chi connectivity index (χ1v) is 6.31. The Balaban J connectivity index is 0.000000280.